The summed E-state index contributed by atoms with van der Waals surface area (Å²) in [6.45, 7) is 1.78. The van der Waals surface area contributed by atoms with Gasteiger partial charge >= 0.3 is 12.4 Å². The first-order valence-electron chi connectivity index (χ1n) is 8.15. The van der Waals surface area contributed by atoms with Crippen molar-refractivity contribution >= 4 is 5.82 Å². The average molecular weight is 418 g/mol. The molecule has 1 N–H and O–H groups in total. The maximum Gasteiger partial charge on any atom is 0.435 e. The molecule has 3 rings (SSSR count). The molecule has 0 unspecified atom stereocenters. The van der Waals surface area contributed by atoms with Gasteiger partial charge in [-0.15, -0.1) is 0 Å². The molecular formula is C18H13F7N4. The van der Waals surface area contributed by atoms with Gasteiger partial charge in [0.05, 0.1) is 11.9 Å². The van der Waals surface area contributed by atoms with Crippen molar-refractivity contribution in [2.24, 2.45) is 0 Å². The van der Waals surface area contributed by atoms with Gasteiger partial charge in [0.1, 0.15) is 17.3 Å². The second-order valence-electron chi connectivity index (χ2n) is 6.11. The molecule has 29 heavy (non-hydrogen) atoms. The van der Waals surface area contributed by atoms with Crippen LogP contribution in [-0.4, -0.2) is 14.8 Å². The van der Waals surface area contributed by atoms with Crippen LogP contribution in [0.2, 0.25) is 0 Å². The summed E-state index contributed by atoms with van der Waals surface area (Å²) in [4.78, 5) is 3.88. The fourth-order valence-electron chi connectivity index (χ4n) is 2.60. The standard InChI is InChI=1S/C18H13F7N4/c1-10-3-2-4-13(19)12(10)9-27-16-6-5-11(8-26-16)29-15(18(23,24)25)7-14(28-29)17(20,21)22/h2-8H,9H2,1H3,(H,26,27). The van der Waals surface area contributed by atoms with E-state index in [1.54, 1.807) is 19.1 Å². The van der Waals surface area contributed by atoms with Gasteiger partial charge < -0.3 is 5.32 Å². The molecule has 0 aliphatic heterocycles. The van der Waals surface area contributed by atoms with Crippen LogP contribution in [0.15, 0.2) is 42.6 Å². The normalized spacial score (nSPS) is 12.3. The predicted octanol–water partition coefficient (Wildman–Crippen LogP) is 5.36. The van der Waals surface area contributed by atoms with Crippen LogP contribution in [0.5, 0.6) is 0 Å². The van der Waals surface area contributed by atoms with E-state index in [0.717, 1.165) is 12.3 Å². The number of nitrogens with zero attached hydrogens (tertiary/aromatic N) is 3. The third kappa shape index (κ3) is 4.49. The molecule has 2 aromatic heterocycles. The molecule has 1 aromatic carbocycles. The maximum absolute atomic E-state index is 13.8. The van der Waals surface area contributed by atoms with Crippen LogP contribution in [0.25, 0.3) is 5.69 Å². The molecule has 3 aromatic rings. The van der Waals surface area contributed by atoms with Crippen LogP contribution in [-0.2, 0) is 18.9 Å². The molecule has 0 spiro atoms. The largest absolute Gasteiger partial charge is 0.435 e. The molecular weight excluding hydrogens is 405 g/mol. The highest BCUT2D eigenvalue weighted by molar-refractivity contribution is 5.43. The second-order valence-corrected chi connectivity index (χ2v) is 6.11. The summed E-state index contributed by atoms with van der Waals surface area (Å²) >= 11 is 0. The quantitative estimate of drug-likeness (QED) is 0.580. The van der Waals surface area contributed by atoms with Gasteiger partial charge in [-0.05, 0) is 30.7 Å². The Balaban J connectivity index is 1.86. The van der Waals surface area contributed by atoms with Gasteiger partial charge in [0.25, 0.3) is 0 Å². The van der Waals surface area contributed by atoms with Gasteiger partial charge in [0, 0.05) is 18.2 Å². The zero-order valence-corrected chi connectivity index (χ0v) is 14.7. The number of aromatic nitrogens is 3. The Labute approximate surface area is 160 Å². The molecule has 0 radical (unpaired) electrons. The van der Waals surface area contributed by atoms with E-state index in [0.29, 0.717) is 11.1 Å². The van der Waals surface area contributed by atoms with Crippen LogP contribution >= 0.6 is 0 Å². The van der Waals surface area contributed by atoms with Crippen LogP contribution in [0.3, 0.4) is 0 Å². The van der Waals surface area contributed by atoms with Crippen molar-refractivity contribution in [2.45, 2.75) is 25.8 Å². The van der Waals surface area contributed by atoms with Crippen molar-refractivity contribution in [3.8, 4) is 5.69 Å². The second kappa shape index (κ2) is 7.37. The van der Waals surface area contributed by atoms with Gasteiger partial charge in [-0.2, -0.15) is 31.4 Å². The molecule has 4 nitrogen and oxygen atoms in total. The maximum atomic E-state index is 13.8. The zero-order valence-electron chi connectivity index (χ0n) is 14.7. The zero-order chi connectivity index (χ0) is 21.4. The number of hydrogen-bond donors (Lipinski definition) is 1. The lowest BCUT2D eigenvalue weighted by molar-refractivity contribution is -0.143. The number of aryl methyl sites for hydroxylation is 1. The van der Waals surface area contributed by atoms with Gasteiger partial charge in [-0.1, -0.05) is 12.1 Å². The van der Waals surface area contributed by atoms with E-state index in [9.17, 15) is 30.7 Å². The first-order chi connectivity index (χ1) is 13.5. The Morgan fingerprint density at radius 2 is 1.72 bits per heavy atom. The molecule has 2 heterocycles. The number of alkyl halides is 6. The minimum absolute atomic E-state index is 0.0624. The minimum Gasteiger partial charge on any atom is -0.366 e. The number of anilines is 1. The third-order valence-electron chi connectivity index (χ3n) is 4.08. The Morgan fingerprint density at radius 3 is 2.28 bits per heavy atom. The molecule has 154 valence electrons. The van der Waals surface area contributed by atoms with Crippen molar-refractivity contribution in [1.82, 2.24) is 14.8 Å². The SMILES string of the molecule is Cc1cccc(F)c1CNc1ccc(-n2nc(C(F)(F)F)cc2C(F)(F)F)cn1. The topological polar surface area (TPSA) is 42.7 Å². The fourth-order valence-corrected chi connectivity index (χ4v) is 2.60. The lowest BCUT2D eigenvalue weighted by atomic mass is 10.1. The minimum atomic E-state index is -5.05. The lowest BCUT2D eigenvalue weighted by Crippen LogP contribution is -2.13. The lowest BCUT2D eigenvalue weighted by Gasteiger charge is -2.12. The first kappa shape index (κ1) is 20.6. The average Bonchev–Trinajstić information content (AvgIpc) is 3.08. The molecule has 0 saturated heterocycles. The molecule has 0 aliphatic carbocycles. The van der Waals surface area contributed by atoms with Crippen molar-refractivity contribution in [3.63, 3.8) is 0 Å². The van der Waals surface area contributed by atoms with Gasteiger partial charge in [-0.3, -0.25) is 0 Å². The van der Waals surface area contributed by atoms with Gasteiger partial charge in [-0.25, -0.2) is 14.1 Å². The Bertz CT molecular complexity index is 984. The molecule has 0 atom stereocenters. The van der Waals surface area contributed by atoms with Gasteiger partial charge in [0.2, 0.25) is 0 Å². The summed E-state index contributed by atoms with van der Waals surface area (Å²) in [5, 5.41) is 5.84. The van der Waals surface area contributed by atoms with Crippen molar-refractivity contribution in [1.29, 1.82) is 0 Å². The van der Waals surface area contributed by atoms with E-state index in [4.69, 9.17) is 0 Å². The first-order valence-corrected chi connectivity index (χ1v) is 8.15. The van der Waals surface area contributed by atoms with E-state index < -0.39 is 29.6 Å². The molecule has 0 aliphatic rings. The highest BCUT2D eigenvalue weighted by Crippen LogP contribution is 2.36. The number of benzene rings is 1. The summed E-state index contributed by atoms with van der Waals surface area (Å²) in [7, 11) is 0. The number of halogens is 7. The van der Waals surface area contributed by atoms with Crippen molar-refractivity contribution < 1.29 is 30.7 Å². The predicted molar refractivity (Wildman–Crippen MR) is 89.8 cm³/mol. The van der Waals surface area contributed by atoms with Crippen LogP contribution < -0.4 is 5.32 Å². The Kier molecular flexibility index (Phi) is 5.24. The summed E-state index contributed by atoms with van der Waals surface area (Å²) in [6, 6.07) is 6.89. The summed E-state index contributed by atoms with van der Waals surface area (Å²) in [6.07, 6.45) is -9.13. The van der Waals surface area contributed by atoms with E-state index in [2.05, 4.69) is 15.4 Å². The number of pyridine rings is 1. The third-order valence-corrected chi connectivity index (χ3v) is 4.08. The summed E-state index contributed by atoms with van der Waals surface area (Å²) < 4.78 is 91.6. The Hall–Kier alpha value is -3.11. The molecule has 11 heteroatoms. The summed E-state index contributed by atoms with van der Waals surface area (Å²) in [5.41, 5.74) is -2.46. The van der Waals surface area contributed by atoms with Crippen LogP contribution in [0.4, 0.5) is 36.6 Å². The van der Waals surface area contributed by atoms with Crippen LogP contribution in [0, 0.1) is 12.7 Å². The van der Waals surface area contributed by atoms with Crippen LogP contribution in [0.1, 0.15) is 22.5 Å². The molecule has 0 amide bonds. The molecule has 0 bridgehead atoms. The summed E-state index contributed by atoms with van der Waals surface area (Å²) in [5.74, 6) is -0.228. The van der Waals surface area contributed by atoms with E-state index in [1.807, 2.05) is 0 Å². The fraction of sp³-hybridized carbons (Fsp3) is 0.222. The highest BCUT2D eigenvalue weighted by atomic mass is 19.4. The molecule has 0 saturated carbocycles. The number of rotatable bonds is 4. The smallest absolute Gasteiger partial charge is 0.366 e. The molecule has 0 fully saturated rings. The van der Waals surface area contributed by atoms with Crippen molar-refractivity contribution in [3.05, 3.63) is 70.9 Å². The van der Waals surface area contributed by atoms with E-state index in [-0.39, 0.29) is 28.8 Å². The number of hydrogen-bond acceptors (Lipinski definition) is 3. The highest BCUT2D eigenvalue weighted by Gasteiger charge is 2.42. The monoisotopic (exact) mass is 418 g/mol. The number of nitrogens with one attached hydrogen (secondary N) is 1. The van der Waals surface area contributed by atoms with Gasteiger partial charge in [0.15, 0.2) is 5.69 Å². The van der Waals surface area contributed by atoms with E-state index >= 15 is 0 Å². The Morgan fingerprint density at radius 1 is 1.00 bits per heavy atom. The van der Waals surface area contributed by atoms with E-state index in [1.165, 1.54) is 12.1 Å². The van der Waals surface area contributed by atoms with Crippen molar-refractivity contribution in [2.75, 3.05) is 5.32 Å².